The number of carboxylic acids is 1. The van der Waals surface area contributed by atoms with Crippen LogP contribution in [0.3, 0.4) is 0 Å². The Morgan fingerprint density at radius 3 is 2.73 bits per heavy atom. The molecule has 0 aliphatic carbocycles. The Morgan fingerprint density at radius 2 is 1.98 bits per heavy atom. The minimum atomic E-state index is -1.29. The number of hydrogen-bond donors (Lipinski definition) is 3. The highest BCUT2D eigenvalue weighted by molar-refractivity contribution is 6.18. The van der Waals surface area contributed by atoms with Crippen molar-refractivity contribution in [3.63, 3.8) is 0 Å². The van der Waals surface area contributed by atoms with E-state index in [1.165, 1.54) is 18.3 Å². The molecule has 2 saturated heterocycles. The number of fused-ring (bicyclic) bond motifs is 5. The molecule has 7 rings (SSSR count). The second kappa shape index (κ2) is 8.75. The molecular formula is C29H28FN7O3. The van der Waals surface area contributed by atoms with Crippen LogP contribution in [-0.2, 0) is 7.05 Å². The smallest absolute Gasteiger partial charge is 0.341 e. The Hall–Kier alpha value is -4.51. The van der Waals surface area contributed by atoms with E-state index in [2.05, 4.69) is 32.1 Å². The highest BCUT2D eigenvalue weighted by Gasteiger charge is 2.41. The van der Waals surface area contributed by atoms with Crippen molar-refractivity contribution in [2.24, 2.45) is 13.0 Å². The number of H-pyrrole nitrogens is 1. The Kier molecular flexibility index (Phi) is 5.36. The summed E-state index contributed by atoms with van der Waals surface area (Å²) in [5.41, 5.74) is 3.82. The van der Waals surface area contributed by atoms with Gasteiger partial charge >= 0.3 is 5.97 Å². The van der Waals surface area contributed by atoms with E-state index in [1.54, 1.807) is 37.1 Å². The third-order valence-corrected chi connectivity index (χ3v) is 8.63. The van der Waals surface area contributed by atoms with Gasteiger partial charge in [-0.05, 0) is 44.1 Å². The van der Waals surface area contributed by atoms with Crippen molar-refractivity contribution >= 4 is 50.3 Å². The fourth-order valence-electron chi connectivity index (χ4n) is 6.66. The van der Waals surface area contributed by atoms with Crippen molar-refractivity contribution in [1.29, 1.82) is 0 Å². The molecule has 2 aliphatic rings. The molecule has 0 radical (unpaired) electrons. The molecule has 4 aromatic heterocycles. The number of pyridine rings is 3. The zero-order chi connectivity index (χ0) is 27.9. The van der Waals surface area contributed by atoms with Gasteiger partial charge in [0.2, 0.25) is 5.43 Å². The van der Waals surface area contributed by atoms with Crippen LogP contribution in [0.2, 0.25) is 0 Å². The standard InChI is InChI=1S/C29H28FN7O3/c1-31-21-8-16(30)7-17-23-25(37-11-14-4-5-35(2)22(14)13-37)19(10-32-27(23)34-24(17)21)15-6-18-26(38)20(29(39)40)12-36(3)28(18)33-9-15/h6-10,12,14,22,31H,4-5,11,13H2,1-3H3,(H,32,34)(H,39,40)/t14-,22+/m0/s1. The molecule has 3 N–H and O–H groups in total. The molecule has 10 nitrogen and oxygen atoms in total. The van der Waals surface area contributed by atoms with Crippen molar-refractivity contribution < 1.29 is 14.3 Å². The normalized spacial score (nSPS) is 19.2. The highest BCUT2D eigenvalue weighted by atomic mass is 19.1. The van der Waals surface area contributed by atoms with Gasteiger partial charge in [0.15, 0.2) is 0 Å². The van der Waals surface area contributed by atoms with Gasteiger partial charge in [0.25, 0.3) is 0 Å². The van der Waals surface area contributed by atoms with E-state index in [4.69, 9.17) is 4.98 Å². The molecular weight excluding hydrogens is 513 g/mol. The molecule has 0 saturated carbocycles. The molecule has 1 aromatic carbocycles. The molecule has 11 heteroatoms. The van der Waals surface area contributed by atoms with Crippen LogP contribution in [-0.4, -0.2) is 75.3 Å². The first kappa shape index (κ1) is 24.5. The summed E-state index contributed by atoms with van der Waals surface area (Å²) in [6.45, 7) is 2.71. The summed E-state index contributed by atoms with van der Waals surface area (Å²) in [5, 5.41) is 14.4. The largest absolute Gasteiger partial charge is 0.477 e. The topological polar surface area (TPSA) is 119 Å². The summed E-state index contributed by atoms with van der Waals surface area (Å²) in [4.78, 5) is 42.3. The number of carbonyl (C=O) groups is 1. The van der Waals surface area contributed by atoms with E-state index in [-0.39, 0.29) is 16.8 Å². The first-order valence-corrected chi connectivity index (χ1v) is 13.2. The Labute approximate surface area is 228 Å². The van der Waals surface area contributed by atoms with Gasteiger partial charge in [-0.25, -0.2) is 19.2 Å². The summed E-state index contributed by atoms with van der Waals surface area (Å²) in [6, 6.07) is 5.09. The van der Waals surface area contributed by atoms with Crippen LogP contribution in [0.1, 0.15) is 16.8 Å². The van der Waals surface area contributed by atoms with Crippen molar-refractivity contribution in [3.8, 4) is 11.1 Å². The molecule has 0 bridgehead atoms. The number of benzene rings is 1. The lowest BCUT2D eigenvalue weighted by molar-refractivity contribution is 0.0695. The minimum absolute atomic E-state index is 0.214. The maximum absolute atomic E-state index is 14.8. The number of nitrogens with one attached hydrogen (secondary N) is 2. The van der Waals surface area contributed by atoms with Crippen LogP contribution in [0.4, 0.5) is 15.8 Å². The van der Waals surface area contributed by atoms with Gasteiger partial charge in [0.05, 0.1) is 27.7 Å². The molecule has 0 spiro atoms. The predicted octanol–water partition coefficient (Wildman–Crippen LogP) is 3.65. The number of likely N-dealkylation sites (tertiary alicyclic amines) is 1. The zero-order valence-corrected chi connectivity index (χ0v) is 22.3. The number of halogens is 1. The lowest BCUT2D eigenvalue weighted by Gasteiger charge is -2.25. The first-order chi connectivity index (χ1) is 19.2. The molecule has 2 fully saturated rings. The molecule has 2 aliphatic heterocycles. The SMILES string of the molecule is CNc1cc(F)cc2c1[nH]c1ncc(-c3cnc4c(c3)c(=O)c(C(=O)O)cn4C)c(N3C[C@@H]4CCN(C)[C@@H]4C3)c12. The van der Waals surface area contributed by atoms with Gasteiger partial charge in [0.1, 0.15) is 22.7 Å². The summed E-state index contributed by atoms with van der Waals surface area (Å²) in [5.74, 6) is -1.13. The first-order valence-electron chi connectivity index (χ1n) is 13.2. The molecule has 204 valence electrons. The van der Waals surface area contributed by atoms with Gasteiger partial charge in [-0.2, -0.15) is 0 Å². The number of anilines is 2. The van der Waals surface area contributed by atoms with Gasteiger partial charge in [-0.3, -0.25) is 4.79 Å². The molecule has 40 heavy (non-hydrogen) atoms. The van der Waals surface area contributed by atoms with Crippen molar-refractivity contribution in [2.75, 3.05) is 43.9 Å². The van der Waals surface area contributed by atoms with Crippen LogP contribution in [0.5, 0.6) is 0 Å². The van der Waals surface area contributed by atoms with Crippen molar-refractivity contribution in [3.05, 3.63) is 58.4 Å². The van der Waals surface area contributed by atoms with Gasteiger partial charge in [0, 0.05) is 68.3 Å². The number of likely N-dealkylation sites (N-methyl/N-ethyl adjacent to an activating group) is 1. The van der Waals surface area contributed by atoms with E-state index in [9.17, 15) is 19.1 Å². The number of aryl methyl sites for hydroxylation is 1. The fourth-order valence-corrected chi connectivity index (χ4v) is 6.66. The lowest BCUT2D eigenvalue weighted by atomic mass is 10.0. The number of aromatic amines is 1. The average Bonchev–Trinajstić information content (AvgIpc) is 3.63. The number of aromatic nitrogens is 4. The van der Waals surface area contributed by atoms with Crippen LogP contribution in [0, 0.1) is 11.7 Å². The van der Waals surface area contributed by atoms with E-state index >= 15 is 0 Å². The van der Waals surface area contributed by atoms with E-state index in [0.29, 0.717) is 39.9 Å². The number of nitrogens with zero attached hydrogens (tertiary/aromatic N) is 5. The number of aromatic carboxylic acids is 1. The molecule has 2 atom stereocenters. The van der Waals surface area contributed by atoms with E-state index < -0.39 is 11.4 Å². The van der Waals surface area contributed by atoms with Gasteiger partial charge in [-0.15, -0.1) is 0 Å². The Bertz CT molecular complexity index is 1930. The van der Waals surface area contributed by atoms with E-state index in [0.717, 1.165) is 48.2 Å². The van der Waals surface area contributed by atoms with Crippen molar-refractivity contribution in [1.82, 2.24) is 24.4 Å². The van der Waals surface area contributed by atoms with Crippen LogP contribution < -0.4 is 15.6 Å². The maximum Gasteiger partial charge on any atom is 0.341 e. The fraction of sp³-hybridized carbons (Fsp3) is 0.310. The summed E-state index contributed by atoms with van der Waals surface area (Å²) in [6.07, 6.45) is 5.85. The zero-order valence-electron chi connectivity index (χ0n) is 22.3. The number of carboxylic acid groups (broad SMARTS) is 1. The minimum Gasteiger partial charge on any atom is -0.477 e. The van der Waals surface area contributed by atoms with Crippen molar-refractivity contribution in [2.45, 2.75) is 12.5 Å². The third kappa shape index (κ3) is 3.50. The number of rotatable bonds is 4. The molecule has 0 amide bonds. The monoisotopic (exact) mass is 541 g/mol. The van der Waals surface area contributed by atoms with Crippen LogP contribution in [0.15, 0.2) is 41.6 Å². The molecule has 5 aromatic rings. The molecule has 6 heterocycles. The maximum atomic E-state index is 14.8. The Balaban J connectivity index is 1.53. The van der Waals surface area contributed by atoms with Gasteiger partial charge in [-0.1, -0.05) is 0 Å². The average molecular weight is 542 g/mol. The number of hydrogen-bond acceptors (Lipinski definition) is 7. The van der Waals surface area contributed by atoms with Crippen LogP contribution in [0.25, 0.3) is 44.1 Å². The second-order valence-corrected chi connectivity index (χ2v) is 10.9. The van der Waals surface area contributed by atoms with Gasteiger partial charge < -0.3 is 29.8 Å². The molecule has 0 unspecified atom stereocenters. The van der Waals surface area contributed by atoms with Crippen LogP contribution >= 0.6 is 0 Å². The summed E-state index contributed by atoms with van der Waals surface area (Å²) in [7, 11) is 5.57. The lowest BCUT2D eigenvalue weighted by Crippen LogP contribution is -2.32. The quantitative estimate of drug-likeness (QED) is 0.316. The Morgan fingerprint density at radius 1 is 1.15 bits per heavy atom. The summed E-state index contributed by atoms with van der Waals surface area (Å²) < 4.78 is 16.4. The predicted molar refractivity (Wildman–Crippen MR) is 153 cm³/mol. The second-order valence-electron chi connectivity index (χ2n) is 10.9. The summed E-state index contributed by atoms with van der Waals surface area (Å²) >= 11 is 0. The van der Waals surface area contributed by atoms with E-state index in [1.807, 2.05) is 0 Å². The highest BCUT2D eigenvalue weighted by Crippen LogP contribution is 2.45. The third-order valence-electron chi connectivity index (χ3n) is 8.63.